The van der Waals surface area contributed by atoms with E-state index < -0.39 is 106 Å². The van der Waals surface area contributed by atoms with E-state index in [0.29, 0.717) is 19.3 Å². The molecule has 7 amide bonds. The Morgan fingerprint density at radius 2 is 1.29 bits per heavy atom. The van der Waals surface area contributed by atoms with E-state index in [1.807, 2.05) is 5.32 Å². The molecule has 1 saturated carbocycles. The van der Waals surface area contributed by atoms with Crippen LogP contribution < -0.4 is 31.9 Å². The van der Waals surface area contributed by atoms with Crippen molar-refractivity contribution in [1.82, 2.24) is 36.8 Å². The van der Waals surface area contributed by atoms with E-state index in [1.54, 1.807) is 44.3 Å². The lowest BCUT2D eigenvalue weighted by molar-refractivity contribution is -0.145. The molecule has 0 aromatic carbocycles. The van der Waals surface area contributed by atoms with Gasteiger partial charge >= 0.3 is 5.97 Å². The summed E-state index contributed by atoms with van der Waals surface area (Å²) in [5, 5.41) is 24.4. The van der Waals surface area contributed by atoms with Crippen LogP contribution >= 0.6 is 23.5 Å². The Bertz CT molecular complexity index is 1730. The zero-order chi connectivity index (χ0) is 47.0. The maximum atomic E-state index is 15.0. The lowest BCUT2D eigenvalue weighted by Crippen LogP contribution is -2.62. The van der Waals surface area contributed by atoms with Crippen LogP contribution in [0, 0.1) is 11.8 Å². The number of hydrogen-bond donors (Lipinski definition) is 7. The average molecular weight is 924 g/mol. The van der Waals surface area contributed by atoms with Crippen molar-refractivity contribution in [3.05, 3.63) is 0 Å². The molecule has 63 heavy (non-hydrogen) atoms. The van der Waals surface area contributed by atoms with Crippen LogP contribution in [0.4, 0.5) is 0 Å². The number of nitrogens with one attached hydrogen (secondary N) is 6. The predicted octanol–water partition coefficient (Wildman–Crippen LogP) is 0.752. The Morgan fingerprint density at radius 1 is 0.714 bits per heavy atom. The minimum absolute atomic E-state index is 0.0192. The zero-order valence-electron chi connectivity index (χ0n) is 37.1. The molecule has 2 saturated heterocycles. The summed E-state index contributed by atoms with van der Waals surface area (Å²) >= 11 is 3.25. The van der Waals surface area contributed by atoms with Crippen LogP contribution in [0.1, 0.15) is 119 Å². The van der Waals surface area contributed by atoms with Gasteiger partial charge in [0.05, 0.1) is 10.1 Å². The topological polar surface area (TPSA) is 283 Å². The Hall–Kier alpha value is -4.53. The van der Waals surface area contributed by atoms with Crippen molar-refractivity contribution < 1.29 is 57.8 Å². The van der Waals surface area contributed by atoms with Gasteiger partial charge in [-0.25, -0.2) is 0 Å². The molecular weight excluding hydrogens is 859 g/mol. The molecule has 0 aromatic rings. The van der Waals surface area contributed by atoms with E-state index in [1.165, 1.54) is 25.7 Å². The monoisotopic (exact) mass is 923 g/mol. The van der Waals surface area contributed by atoms with Gasteiger partial charge in [0.1, 0.15) is 48.3 Å². The third-order valence-electron chi connectivity index (χ3n) is 11.4. The Balaban J connectivity index is 1.91. The lowest BCUT2D eigenvalue weighted by atomic mass is 9.83. The number of hydrogen-bond acceptors (Lipinski definition) is 13. The van der Waals surface area contributed by atoms with Crippen molar-refractivity contribution >= 4 is 88.2 Å². The first-order chi connectivity index (χ1) is 29.7. The van der Waals surface area contributed by atoms with Gasteiger partial charge in [-0.1, -0.05) is 46.5 Å². The van der Waals surface area contributed by atoms with Gasteiger partial charge in [0, 0.05) is 44.2 Å². The average Bonchev–Trinajstić information content (AvgIpc) is 3.86. The third kappa shape index (κ3) is 16.2. The minimum atomic E-state index is -1.35. The number of carbonyl (C=O) groups excluding carboxylic acids is 10. The second kappa shape index (κ2) is 25.1. The van der Waals surface area contributed by atoms with Crippen LogP contribution in [-0.4, -0.2) is 140 Å². The Kier molecular flexibility index (Phi) is 21.0. The van der Waals surface area contributed by atoms with Gasteiger partial charge in [0.15, 0.2) is 0 Å². The number of carboxylic acids is 1. The van der Waals surface area contributed by atoms with E-state index >= 15 is 0 Å². The van der Waals surface area contributed by atoms with Gasteiger partial charge in [-0.05, 0) is 57.8 Å². The molecule has 0 aromatic heterocycles. The second-order valence-electron chi connectivity index (χ2n) is 17.0. The number of nitrogens with zero attached hydrogens (tertiary/aromatic N) is 1. The largest absolute Gasteiger partial charge is 0.480 e. The molecule has 2 heterocycles. The molecule has 7 N–H and O–H groups in total. The lowest BCUT2D eigenvalue weighted by Gasteiger charge is -2.36. The van der Waals surface area contributed by atoms with Crippen molar-refractivity contribution in [3.63, 3.8) is 0 Å². The fourth-order valence-electron chi connectivity index (χ4n) is 8.05. The summed E-state index contributed by atoms with van der Waals surface area (Å²) in [4.78, 5) is 145. The SMILES string of the molecule is CCCC(NC(=O)[C@@H]1CC2(CN1C(=O)C(NC(=O)C(NC(=O)C(CCC(C)=O)NC(=O)C(CCC(C)=O)NC(C)=O)C(C)C)C1CCCCC1)SCCS2)C(=O)C(=O)NCC(=O)O. The first kappa shape index (κ1) is 52.8. The summed E-state index contributed by atoms with van der Waals surface area (Å²) < 4.78 is -0.541. The van der Waals surface area contributed by atoms with E-state index in [2.05, 4.69) is 26.6 Å². The molecule has 5 unspecified atom stereocenters. The van der Waals surface area contributed by atoms with Crippen LogP contribution in [-0.2, 0) is 52.7 Å². The first-order valence-electron chi connectivity index (χ1n) is 21.8. The fraction of sp³-hybridized carbons (Fsp3) is 0.738. The van der Waals surface area contributed by atoms with Crippen molar-refractivity contribution in [2.75, 3.05) is 24.6 Å². The summed E-state index contributed by atoms with van der Waals surface area (Å²) in [5.41, 5.74) is 0. The van der Waals surface area contributed by atoms with Gasteiger partial charge in [-0.2, -0.15) is 0 Å². The number of aliphatic carboxylic acids is 1. The molecule has 19 nitrogen and oxygen atoms in total. The van der Waals surface area contributed by atoms with Crippen molar-refractivity contribution in [3.8, 4) is 0 Å². The van der Waals surface area contributed by atoms with E-state index in [-0.39, 0.29) is 62.6 Å². The molecule has 3 aliphatic rings. The summed E-state index contributed by atoms with van der Waals surface area (Å²) in [6, 6.07) is -7.15. The minimum Gasteiger partial charge on any atom is -0.480 e. The molecule has 2 aliphatic heterocycles. The van der Waals surface area contributed by atoms with Crippen LogP contribution in [0.25, 0.3) is 0 Å². The highest BCUT2D eigenvalue weighted by Gasteiger charge is 2.53. The predicted molar refractivity (Wildman–Crippen MR) is 235 cm³/mol. The third-order valence-corrected chi connectivity index (χ3v) is 14.8. The molecule has 21 heteroatoms. The quantitative estimate of drug-likeness (QED) is 0.0659. The normalized spacial score (nSPS) is 19.5. The molecule has 3 fully saturated rings. The van der Waals surface area contributed by atoms with Crippen LogP contribution in [0.15, 0.2) is 0 Å². The van der Waals surface area contributed by atoms with Gasteiger partial charge in [0.2, 0.25) is 41.2 Å². The summed E-state index contributed by atoms with van der Waals surface area (Å²) in [7, 11) is 0. The molecule has 352 valence electrons. The number of Topliss-reactive ketones (excluding diaryl/α,β-unsaturated/α-hetero) is 3. The number of carbonyl (C=O) groups is 11. The van der Waals surface area contributed by atoms with E-state index in [9.17, 15) is 52.7 Å². The van der Waals surface area contributed by atoms with Gasteiger partial charge in [0.25, 0.3) is 5.91 Å². The number of thioether (sulfide) groups is 2. The summed E-state index contributed by atoms with van der Waals surface area (Å²) in [6.45, 7) is 8.38. The van der Waals surface area contributed by atoms with Gasteiger partial charge in [-0.3, -0.25) is 43.2 Å². The number of rotatable bonds is 24. The van der Waals surface area contributed by atoms with Gasteiger partial charge < -0.3 is 51.5 Å². The first-order valence-corrected chi connectivity index (χ1v) is 23.7. The number of likely N-dealkylation sites (tertiary alicyclic amines) is 1. The standard InChI is InChI=1S/C42H65N7O12S2/c1-7-11-28(35(55)40(60)43-21-32(53)54)45-38(58)31-20-42(62-18-19-63-42)22-49(31)41(61)34(27-12-9-8-10-13-27)48-39(59)33(23(2)3)47-37(57)30(17-15-25(5)51)46-36(56)29(44-26(6)52)16-14-24(4)50/h23,27-31,33-34H,7-22H2,1-6H3,(H,43,60)(H,44,52)(H,45,58)(H,46,56)(H,47,57)(H,48,59)(H,53,54)/t28?,29?,30?,31-,33?,34?/m0/s1. The summed E-state index contributed by atoms with van der Waals surface area (Å²) in [5.74, 6) is -7.22. The van der Waals surface area contributed by atoms with E-state index in [0.717, 1.165) is 30.8 Å². The molecule has 0 radical (unpaired) electrons. The summed E-state index contributed by atoms with van der Waals surface area (Å²) in [6.07, 6.45) is 4.17. The maximum absolute atomic E-state index is 15.0. The number of carboxylic acid groups (broad SMARTS) is 1. The number of amides is 7. The smallest absolute Gasteiger partial charge is 0.322 e. The second-order valence-corrected chi connectivity index (χ2v) is 20.2. The van der Waals surface area contributed by atoms with E-state index in [4.69, 9.17) is 5.11 Å². The van der Waals surface area contributed by atoms with Crippen LogP contribution in [0.5, 0.6) is 0 Å². The van der Waals surface area contributed by atoms with Crippen LogP contribution in [0.3, 0.4) is 0 Å². The Morgan fingerprint density at radius 3 is 1.81 bits per heavy atom. The molecular formula is C42H65N7O12S2. The van der Waals surface area contributed by atoms with Crippen molar-refractivity contribution in [1.29, 1.82) is 0 Å². The van der Waals surface area contributed by atoms with Crippen molar-refractivity contribution in [2.24, 2.45) is 11.8 Å². The molecule has 0 bridgehead atoms. The highest BCUT2D eigenvalue weighted by molar-refractivity contribution is 8.21. The number of ketones is 3. The maximum Gasteiger partial charge on any atom is 0.322 e. The molecule has 1 aliphatic carbocycles. The van der Waals surface area contributed by atoms with Gasteiger partial charge in [-0.15, -0.1) is 23.5 Å². The molecule has 6 atom stereocenters. The highest BCUT2D eigenvalue weighted by Crippen LogP contribution is 2.52. The highest BCUT2D eigenvalue weighted by atomic mass is 32.2. The zero-order valence-corrected chi connectivity index (χ0v) is 38.8. The van der Waals surface area contributed by atoms with Crippen molar-refractivity contribution in [2.45, 2.75) is 159 Å². The Labute approximate surface area is 377 Å². The van der Waals surface area contributed by atoms with Crippen LogP contribution in [0.2, 0.25) is 0 Å². The fourth-order valence-corrected chi connectivity index (χ4v) is 11.3. The molecule has 3 rings (SSSR count). The molecule has 1 spiro atoms.